The van der Waals surface area contributed by atoms with E-state index in [0.717, 1.165) is 11.1 Å². The van der Waals surface area contributed by atoms with Crippen LogP contribution < -0.4 is 15.8 Å². The average molecular weight is 383 g/mol. The summed E-state index contributed by atoms with van der Waals surface area (Å²) in [4.78, 5) is 13.6. The zero-order chi connectivity index (χ0) is 19.2. The topological polar surface area (TPSA) is 95.1 Å². The number of benzene rings is 2. The maximum Gasteiger partial charge on any atom is 0.275 e. The molecule has 0 aliphatic heterocycles. The molecule has 0 radical (unpaired) electrons. The zero-order valence-corrected chi connectivity index (χ0v) is 16.0. The minimum absolute atomic E-state index is 0.116. The van der Waals surface area contributed by atoms with Crippen molar-refractivity contribution in [1.82, 2.24) is 20.3 Å². The number of anilines is 1. The van der Waals surface area contributed by atoms with Crippen LogP contribution in [0.1, 0.15) is 21.6 Å². The van der Waals surface area contributed by atoms with E-state index in [1.54, 1.807) is 18.9 Å². The Morgan fingerprint density at radius 2 is 1.96 bits per heavy atom. The van der Waals surface area contributed by atoms with Gasteiger partial charge in [0.05, 0.1) is 13.7 Å². The summed E-state index contributed by atoms with van der Waals surface area (Å²) in [6, 6.07) is 15.6. The second-order valence-corrected chi connectivity index (χ2v) is 6.70. The van der Waals surface area contributed by atoms with Crippen molar-refractivity contribution in [2.75, 3.05) is 19.1 Å². The first-order valence-electron chi connectivity index (χ1n) is 8.34. The molecule has 0 aliphatic carbocycles. The molecule has 0 spiro atoms. The summed E-state index contributed by atoms with van der Waals surface area (Å²) >= 11 is 1.68. The standard InChI is InChI=1S/C19H21N5O2S/c1-26-16-6-4-3-5-14(16)11-21-19(25)17-18(20)24(23-22-17)12-13-7-9-15(27-2)10-8-13/h3-10H,11-12,20H2,1-2H3,(H,21,25). The molecule has 0 saturated heterocycles. The molecule has 140 valence electrons. The van der Waals surface area contributed by atoms with E-state index in [1.807, 2.05) is 54.8 Å². The zero-order valence-electron chi connectivity index (χ0n) is 15.2. The second-order valence-electron chi connectivity index (χ2n) is 5.82. The largest absolute Gasteiger partial charge is 0.496 e. The van der Waals surface area contributed by atoms with Crippen LogP contribution >= 0.6 is 11.8 Å². The minimum atomic E-state index is -0.373. The van der Waals surface area contributed by atoms with E-state index < -0.39 is 0 Å². The number of carbonyl (C=O) groups excluding carboxylic acids is 1. The van der Waals surface area contributed by atoms with Gasteiger partial charge in [-0.15, -0.1) is 16.9 Å². The lowest BCUT2D eigenvalue weighted by Crippen LogP contribution is -2.24. The number of amides is 1. The molecule has 0 saturated carbocycles. The van der Waals surface area contributed by atoms with Crippen molar-refractivity contribution >= 4 is 23.5 Å². The predicted octanol–water partition coefficient (Wildman–Crippen LogP) is 2.57. The Hall–Kier alpha value is -3.00. The number of nitrogens with zero attached hydrogens (tertiary/aromatic N) is 3. The smallest absolute Gasteiger partial charge is 0.275 e. The van der Waals surface area contributed by atoms with Gasteiger partial charge in [-0.3, -0.25) is 4.79 Å². The van der Waals surface area contributed by atoms with Gasteiger partial charge in [0.15, 0.2) is 11.5 Å². The van der Waals surface area contributed by atoms with Crippen LogP contribution in [-0.4, -0.2) is 34.3 Å². The molecule has 7 nitrogen and oxygen atoms in total. The molecule has 1 aromatic heterocycles. The van der Waals surface area contributed by atoms with Gasteiger partial charge >= 0.3 is 0 Å². The fraction of sp³-hybridized carbons (Fsp3) is 0.211. The van der Waals surface area contributed by atoms with Crippen LogP contribution in [-0.2, 0) is 13.1 Å². The Morgan fingerprint density at radius 3 is 2.67 bits per heavy atom. The van der Waals surface area contributed by atoms with E-state index in [-0.39, 0.29) is 17.4 Å². The highest BCUT2D eigenvalue weighted by atomic mass is 32.2. The minimum Gasteiger partial charge on any atom is -0.496 e. The molecule has 0 unspecified atom stereocenters. The molecular weight excluding hydrogens is 362 g/mol. The highest BCUT2D eigenvalue weighted by Gasteiger charge is 2.18. The van der Waals surface area contributed by atoms with Crippen molar-refractivity contribution in [3.05, 3.63) is 65.4 Å². The third kappa shape index (κ3) is 4.40. The van der Waals surface area contributed by atoms with Gasteiger partial charge in [-0.2, -0.15) is 0 Å². The lowest BCUT2D eigenvalue weighted by Gasteiger charge is -2.09. The number of rotatable bonds is 7. The Balaban J connectivity index is 1.67. The Bertz CT molecular complexity index is 924. The van der Waals surface area contributed by atoms with Gasteiger partial charge in [0.25, 0.3) is 5.91 Å². The molecule has 3 N–H and O–H groups in total. The predicted molar refractivity (Wildman–Crippen MR) is 106 cm³/mol. The number of ether oxygens (including phenoxy) is 1. The van der Waals surface area contributed by atoms with Crippen LogP contribution in [0.25, 0.3) is 0 Å². The van der Waals surface area contributed by atoms with Crippen LogP contribution in [0.15, 0.2) is 53.4 Å². The number of para-hydroxylation sites is 1. The molecule has 2 aromatic carbocycles. The lowest BCUT2D eigenvalue weighted by atomic mass is 10.2. The summed E-state index contributed by atoms with van der Waals surface area (Å²) in [6.45, 7) is 0.762. The number of thioether (sulfide) groups is 1. The number of nitrogens with one attached hydrogen (secondary N) is 1. The molecule has 0 bridgehead atoms. The average Bonchev–Trinajstić information content (AvgIpc) is 3.07. The molecule has 0 aliphatic rings. The summed E-state index contributed by atoms with van der Waals surface area (Å²) in [6.07, 6.45) is 2.03. The van der Waals surface area contributed by atoms with Gasteiger partial charge < -0.3 is 15.8 Å². The molecule has 3 rings (SSSR count). The number of hydrogen-bond donors (Lipinski definition) is 2. The molecule has 1 heterocycles. The highest BCUT2D eigenvalue weighted by molar-refractivity contribution is 7.98. The first kappa shape index (κ1) is 18.8. The number of aromatic nitrogens is 3. The second kappa shape index (κ2) is 8.59. The van der Waals surface area contributed by atoms with Gasteiger partial charge in [0.2, 0.25) is 0 Å². The molecule has 1 amide bonds. The monoisotopic (exact) mass is 383 g/mol. The van der Waals surface area contributed by atoms with Crippen molar-refractivity contribution in [3.8, 4) is 5.75 Å². The maximum absolute atomic E-state index is 12.4. The van der Waals surface area contributed by atoms with E-state index >= 15 is 0 Å². The van der Waals surface area contributed by atoms with Gasteiger partial charge in [-0.1, -0.05) is 35.5 Å². The number of nitrogens with two attached hydrogens (primary N) is 1. The number of methoxy groups -OCH3 is 1. The molecule has 0 atom stereocenters. The van der Waals surface area contributed by atoms with E-state index in [9.17, 15) is 4.79 Å². The van der Waals surface area contributed by atoms with Crippen molar-refractivity contribution in [2.45, 2.75) is 18.0 Å². The Kier molecular flexibility index (Phi) is 5.97. The summed E-state index contributed by atoms with van der Waals surface area (Å²) in [7, 11) is 1.59. The summed E-state index contributed by atoms with van der Waals surface area (Å²) in [5.74, 6) is 0.576. The quantitative estimate of drug-likeness (QED) is 0.609. The molecule has 8 heteroatoms. The normalized spacial score (nSPS) is 10.6. The van der Waals surface area contributed by atoms with Crippen molar-refractivity contribution in [3.63, 3.8) is 0 Å². The molecule has 0 fully saturated rings. The number of hydrogen-bond acceptors (Lipinski definition) is 6. The van der Waals surface area contributed by atoms with Crippen molar-refractivity contribution in [1.29, 1.82) is 0 Å². The van der Waals surface area contributed by atoms with Gasteiger partial charge in [-0.25, -0.2) is 4.68 Å². The van der Waals surface area contributed by atoms with Crippen LogP contribution in [0.5, 0.6) is 5.75 Å². The third-order valence-electron chi connectivity index (χ3n) is 4.11. The van der Waals surface area contributed by atoms with Gasteiger partial charge in [-0.05, 0) is 30.0 Å². The Labute approximate surface area is 161 Å². The number of carbonyl (C=O) groups is 1. The molecule has 3 aromatic rings. The SMILES string of the molecule is COc1ccccc1CNC(=O)c1nnn(Cc2ccc(SC)cc2)c1N. The number of nitrogen functional groups attached to an aromatic ring is 1. The fourth-order valence-electron chi connectivity index (χ4n) is 2.61. The van der Waals surface area contributed by atoms with Crippen molar-refractivity contribution < 1.29 is 9.53 Å². The van der Waals surface area contributed by atoms with Crippen LogP contribution in [0.2, 0.25) is 0 Å². The summed E-state index contributed by atoms with van der Waals surface area (Å²) in [5.41, 5.74) is 8.10. The van der Waals surface area contributed by atoms with Crippen LogP contribution in [0.3, 0.4) is 0 Å². The first-order valence-corrected chi connectivity index (χ1v) is 9.57. The summed E-state index contributed by atoms with van der Waals surface area (Å²) < 4.78 is 6.80. The van der Waals surface area contributed by atoms with Gasteiger partial charge in [0.1, 0.15) is 5.75 Å². The van der Waals surface area contributed by atoms with E-state index in [4.69, 9.17) is 10.5 Å². The third-order valence-corrected chi connectivity index (χ3v) is 4.86. The van der Waals surface area contributed by atoms with Crippen LogP contribution in [0.4, 0.5) is 5.82 Å². The fourth-order valence-corrected chi connectivity index (χ4v) is 3.02. The van der Waals surface area contributed by atoms with Crippen LogP contribution in [0, 0.1) is 0 Å². The highest BCUT2D eigenvalue weighted by Crippen LogP contribution is 2.18. The molecule has 27 heavy (non-hydrogen) atoms. The van der Waals surface area contributed by atoms with E-state index in [2.05, 4.69) is 15.6 Å². The Morgan fingerprint density at radius 1 is 1.22 bits per heavy atom. The van der Waals surface area contributed by atoms with E-state index in [1.165, 1.54) is 9.58 Å². The first-order chi connectivity index (χ1) is 13.1. The maximum atomic E-state index is 12.4. The lowest BCUT2D eigenvalue weighted by molar-refractivity contribution is 0.0946. The summed E-state index contributed by atoms with van der Waals surface area (Å²) in [5, 5.41) is 10.8. The van der Waals surface area contributed by atoms with E-state index in [0.29, 0.717) is 18.8 Å². The van der Waals surface area contributed by atoms with Gasteiger partial charge in [0, 0.05) is 17.0 Å². The van der Waals surface area contributed by atoms with Crippen molar-refractivity contribution in [2.24, 2.45) is 0 Å². The molecular formula is C19H21N5O2S.